The van der Waals surface area contributed by atoms with Crippen molar-refractivity contribution in [1.82, 2.24) is 5.32 Å². The molecule has 1 amide bonds. The number of carbonyl (C=O) groups is 2. The van der Waals surface area contributed by atoms with E-state index in [2.05, 4.69) is 11.4 Å². The molecule has 0 aliphatic carbocycles. The first-order valence-electron chi connectivity index (χ1n) is 9.28. The van der Waals surface area contributed by atoms with Gasteiger partial charge in [0.2, 0.25) is 0 Å². The number of carbonyl (C=O) groups excluding carboxylic acids is 1. The molecule has 0 heterocycles. The number of para-hydroxylation sites is 1. The standard InChI is InChI=1S/C24H20N2O4/c1-30-22-9-5-4-8-20(22)23(27)26-21(24(28)29)14-16-10-12-17(13-11-16)19-7-3-2-6-18(19)15-25/h2-13,21H,14H2,1H3,(H,26,27)(H,28,29). The van der Waals surface area contributed by atoms with Gasteiger partial charge in [0.25, 0.3) is 5.91 Å². The lowest BCUT2D eigenvalue weighted by Crippen LogP contribution is -2.42. The molecule has 0 aliphatic rings. The number of aliphatic carboxylic acids is 1. The zero-order valence-corrected chi connectivity index (χ0v) is 16.3. The zero-order valence-electron chi connectivity index (χ0n) is 16.3. The summed E-state index contributed by atoms with van der Waals surface area (Å²) in [6.45, 7) is 0. The number of benzene rings is 3. The van der Waals surface area contributed by atoms with Gasteiger partial charge in [-0.05, 0) is 34.9 Å². The van der Waals surface area contributed by atoms with Crippen molar-refractivity contribution in [1.29, 1.82) is 5.26 Å². The molecule has 0 fully saturated rings. The molecule has 0 saturated heterocycles. The highest BCUT2D eigenvalue weighted by atomic mass is 16.5. The van der Waals surface area contributed by atoms with Crippen molar-refractivity contribution >= 4 is 11.9 Å². The number of nitriles is 1. The van der Waals surface area contributed by atoms with E-state index in [0.29, 0.717) is 11.3 Å². The van der Waals surface area contributed by atoms with Gasteiger partial charge in [0.05, 0.1) is 24.3 Å². The summed E-state index contributed by atoms with van der Waals surface area (Å²) < 4.78 is 5.17. The highest BCUT2D eigenvalue weighted by Crippen LogP contribution is 2.24. The smallest absolute Gasteiger partial charge is 0.326 e. The first-order chi connectivity index (χ1) is 14.5. The monoisotopic (exact) mass is 400 g/mol. The summed E-state index contributed by atoms with van der Waals surface area (Å²) in [4.78, 5) is 24.3. The van der Waals surface area contributed by atoms with E-state index < -0.39 is 17.9 Å². The minimum absolute atomic E-state index is 0.121. The van der Waals surface area contributed by atoms with E-state index in [0.717, 1.165) is 16.7 Å². The van der Waals surface area contributed by atoms with Crippen LogP contribution in [-0.2, 0) is 11.2 Å². The van der Waals surface area contributed by atoms with Gasteiger partial charge in [-0.25, -0.2) is 4.79 Å². The van der Waals surface area contributed by atoms with Crippen LogP contribution in [-0.4, -0.2) is 30.1 Å². The average molecular weight is 400 g/mol. The van der Waals surface area contributed by atoms with Gasteiger partial charge in [0, 0.05) is 6.42 Å². The SMILES string of the molecule is COc1ccccc1C(=O)NC(Cc1ccc(-c2ccccc2C#N)cc1)C(=O)O. The Morgan fingerprint density at radius 1 is 1.03 bits per heavy atom. The van der Waals surface area contributed by atoms with E-state index in [9.17, 15) is 20.0 Å². The van der Waals surface area contributed by atoms with E-state index in [1.165, 1.54) is 7.11 Å². The van der Waals surface area contributed by atoms with Crippen molar-refractivity contribution < 1.29 is 19.4 Å². The predicted octanol–water partition coefficient (Wildman–Crippen LogP) is 3.66. The van der Waals surface area contributed by atoms with E-state index >= 15 is 0 Å². The minimum atomic E-state index is -1.13. The molecule has 2 N–H and O–H groups in total. The number of nitrogens with zero attached hydrogens (tertiary/aromatic N) is 1. The molecule has 3 rings (SSSR count). The fourth-order valence-electron chi connectivity index (χ4n) is 3.16. The van der Waals surface area contributed by atoms with Crippen LogP contribution in [0.2, 0.25) is 0 Å². The Balaban J connectivity index is 1.76. The second-order valence-corrected chi connectivity index (χ2v) is 6.62. The van der Waals surface area contributed by atoms with Crippen LogP contribution < -0.4 is 10.1 Å². The van der Waals surface area contributed by atoms with E-state index in [-0.39, 0.29) is 12.0 Å². The number of nitrogens with one attached hydrogen (secondary N) is 1. The third kappa shape index (κ3) is 4.65. The number of carboxylic acids is 1. The van der Waals surface area contributed by atoms with Gasteiger partial charge in [0.15, 0.2) is 0 Å². The molecule has 6 heteroatoms. The Morgan fingerprint density at radius 3 is 2.37 bits per heavy atom. The lowest BCUT2D eigenvalue weighted by Gasteiger charge is -2.16. The first-order valence-corrected chi connectivity index (χ1v) is 9.28. The van der Waals surface area contributed by atoms with Crippen molar-refractivity contribution in [3.05, 3.63) is 89.5 Å². The zero-order chi connectivity index (χ0) is 21.5. The number of amides is 1. The fourth-order valence-corrected chi connectivity index (χ4v) is 3.16. The Morgan fingerprint density at radius 2 is 1.70 bits per heavy atom. The van der Waals surface area contributed by atoms with E-state index in [4.69, 9.17) is 4.74 Å². The molecule has 30 heavy (non-hydrogen) atoms. The Labute approximate surface area is 174 Å². The van der Waals surface area contributed by atoms with Crippen LogP contribution in [0.3, 0.4) is 0 Å². The summed E-state index contributed by atoms with van der Waals surface area (Å²) in [5.41, 5.74) is 3.26. The molecule has 0 saturated carbocycles. The molecular formula is C24H20N2O4. The normalized spacial score (nSPS) is 11.2. The fraction of sp³-hybridized carbons (Fsp3) is 0.125. The summed E-state index contributed by atoms with van der Waals surface area (Å²) in [7, 11) is 1.45. The van der Waals surface area contributed by atoms with E-state index in [1.54, 1.807) is 48.5 Å². The molecule has 0 radical (unpaired) electrons. The third-order valence-electron chi connectivity index (χ3n) is 4.71. The first kappa shape index (κ1) is 20.6. The summed E-state index contributed by atoms with van der Waals surface area (Å²) in [5.74, 6) is -1.27. The summed E-state index contributed by atoms with van der Waals surface area (Å²) in [6.07, 6.45) is 0.121. The van der Waals surface area contributed by atoms with Crippen LogP contribution in [0.4, 0.5) is 0 Å². The number of hydrogen-bond acceptors (Lipinski definition) is 4. The van der Waals surface area contributed by atoms with E-state index in [1.807, 2.05) is 24.3 Å². The van der Waals surface area contributed by atoms with Gasteiger partial charge in [-0.2, -0.15) is 5.26 Å². The molecule has 0 aliphatic heterocycles. The topological polar surface area (TPSA) is 99.4 Å². The van der Waals surface area contributed by atoms with Crippen LogP contribution >= 0.6 is 0 Å². The lowest BCUT2D eigenvalue weighted by molar-refractivity contribution is -0.139. The quantitative estimate of drug-likeness (QED) is 0.631. The van der Waals surface area contributed by atoms with Crippen LogP contribution in [0.1, 0.15) is 21.5 Å². The van der Waals surface area contributed by atoms with Gasteiger partial charge in [0.1, 0.15) is 11.8 Å². The number of ether oxygens (including phenoxy) is 1. The van der Waals surface area contributed by atoms with Crippen LogP contribution in [0.15, 0.2) is 72.8 Å². The van der Waals surface area contributed by atoms with Gasteiger partial charge >= 0.3 is 5.97 Å². The summed E-state index contributed by atoms with van der Waals surface area (Å²) in [5, 5.41) is 21.4. The van der Waals surface area contributed by atoms with Gasteiger partial charge in [-0.1, -0.05) is 54.6 Å². The van der Waals surface area contributed by atoms with Crippen molar-refractivity contribution in [2.75, 3.05) is 7.11 Å². The van der Waals surface area contributed by atoms with Crippen molar-refractivity contribution in [2.45, 2.75) is 12.5 Å². The molecule has 3 aromatic rings. The molecule has 0 aromatic heterocycles. The number of methoxy groups -OCH3 is 1. The average Bonchev–Trinajstić information content (AvgIpc) is 2.78. The maximum Gasteiger partial charge on any atom is 0.326 e. The molecule has 1 unspecified atom stereocenters. The van der Waals surface area contributed by atoms with Gasteiger partial charge in [-0.15, -0.1) is 0 Å². The molecule has 1 atom stereocenters. The van der Waals surface area contributed by atoms with Crippen LogP contribution in [0.25, 0.3) is 11.1 Å². The summed E-state index contributed by atoms with van der Waals surface area (Å²) >= 11 is 0. The summed E-state index contributed by atoms with van der Waals surface area (Å²) in [6, 6.07) is 22.3. The Hall–Kier alpha value is -4.11. The number of carboxylic acid groups (broad SMARTS) is 1. The van der Waals surface area contributed by atoms with Crippen molar-refractivity contribution in [3.8, 4) is 22.9 Å². The Bertz CT molecular complexity index is 1100. The van der Waals surface area contributed by atoms with Crippen molar-refractivity contribution in [2.24, 2.45) is 0 Å². The van der Waals surface area contributed by atoms with Crippen LogP contribution in [0, 0.1) is 11.3 Å². The highest BCUT2D eigenvalue weighted by Gasteiger charge is 2.22. The lowest BCUT2D eigenvalue weighted by atomic mass is 9.97. The second-order valence-electron chi connectivity index (χ2n) is 6.62. The number of hydrogen-bond donors (Lipinski definition) is 2. The largest absolute Gasteiger partial charge is 0.496 e. The maximum absolute atomic E-state index is 12.6. The predicted molar refractivity (Wildman–Crippen MR) is 112 cm³/mol. The third-order valence-corrected chi connectivity index (χ3v) is 4.71. The second kappa shape index (κ2) is 9.39. The molecule has 0 spiro atoms. The molecule has 6 nitrogen and oxygen atoms in total. The molecule has 3 aromatic carbocycles. The molecule has 0 bridgehead atoms. The van der Waals surface area contributed by atoms with Gasteiger partial charge < -0.3 is 15.2 Å². The molecule has 150 valence electrons. The molecular weight excluding hydrogens is 380 g/mol. The highest BCUT2D eigenvalue weighted by molar-refractivity contribution is 5.99. The van der Waals surface area contributed by atoms with Gasteiger partial charge in [-0.3, -0.25) is 4.79 Å². The minimum Gasteiger partial charge on any atom is -0.496 e. The Kier molecular flexibility index (Phi) is 6.46. The van der Waals surface area contributed by atoms with Crippen molar-refractivity contribution in [3.63, 3.8) is 0 Å². The maximum atomic E-state index is 12.6. The number of rotatable bonds is 7. The van der Waals surface area contributed by atoms with Crippen LogP contribution in [0.5, 0.6) is 5.75 Å².